The van der Waals surface area contributed by atoms with Crippen LogP contribution in [0.25, 0.3) is 0 Å². The van der Waals surface area contributed by atoms with E-state index < -0.39 is 0 Å². The van der Waals surface area contributed by atoms with E-state index in [-0.39, 0.29) is 6.10 Å². The van der Waals surface area contributed by atoms with Crippen LogP contribution in [0, 0.1) is 13.8 Å². The highest BCUT2D eigenvalue weighted by molar-refractivity contribution is 5.80. The third-order valence-electron chi connectivity index (χ3n) is 4.94. The minimum atomic E-state index is 0.0376. The first kappa shape index (κ1) is 19.4. The molecule has 1 aromatic carbocycles. The molecule has 2 aromatic rings. The van der Waals surface area contributed by atoms with Gasteiger partial charge in [-0.25, -0.2) is 0 Å². The second-order valence-electron chi connectivity index (χ2n) is 7.17. The average Bonchev–Trinajstić information content (AvgIpc) is 3.09. The van der Waals surface area contributed by atoms with Gasteiger partial charge in [0.15, 0.2) is 5.96 Å². The number of guanidine groups is 1. The summed E-state index contributed by atoms with van der Waals surface area (Å²) in [6, 6.07) is 6.64. The van der Waals surface area contributed by atoms with E-state index in [0.29, 0.717) is 6.61 Å². The van der Waals surface area contributed by atoms with Crippen molar-refractivity contribution in [3.8, 4) is 0 Å². The Morgan fingerprint density at radius 3 is 2.93 bits per heavy atom. The molecule has 27 heavy (non-hydrogen) atoms. The number of hydrogen-bond donors (Lipinski definition) is 1. The van der Waals surface area contributed by atoms with E-state index in [4.69, 9.17) is 9.73 Å². The molecule has 1 atom stereocenters. The first-order valence-electron chi connectivity index (χ1n) is 9.76. The molecule has 1 aliphatic heterocycles. The number of ether oxygens (including phenoxy) is 1. The first-order chi connectivity index (χ1) is 13.1. The molecule has 1 unspecified atom stereocenters. The molecule has 0 radical (unpaired) electrons. The topological polar surface area (TPSA) is 54.7 Å². The average molecular weight is 370 g/mol. The molecule has 1 aliphatic rings. The van der Waals surface area contributed by atoms with Crippen LogP contribution < -0.4 is 5.32 Å². The molecule has 1 fully saturated rings. The zero-order chi connectivity index (χ0) is 19.2. The highest BCUT2D eigenvalue weighted by atomic mass is 16.5. The van der Waals surface area contributed by atoms with Crippen LogP contribution in [0.15, 0.2) is 35.6 Å². The van der Waals surface area contributed by atoms with Crippen LogP contribution in [0.3, 0.4) is 0 Å². The largest absolute Gasteiger partial charge is 0.370 e. The van der Waals surface area contributed by atoms with Crippen molar-refractivity contribution >= 4 is 5.96 Å². The number of aliphatic imine (C=N–C) groups is 1. The van der Waals surface area contributed by atoms with Gasteiger partial charge in [0.05, 0.1) is 19.3 Å². The lowest BCUT2D eigenvalue weighted by atomic mass is 10.0. The van der Waals surface area contributed by atoms with Gasteiger partial charge in [-0.2, -0.15) is 5.10 Å². The Morgan fingerprint density at radius 1 is 1.37 bits per heavy atom. The molecule has 0 bridgehead atoms. The van der Waals surface area contributed by atoms with Gasteiger partial charge >= 0.3 is 0 Å². The summed E-state index contributed by atoms with van der Waals surface area (Å²) in [6.45, 7) is 10.4. The summed E-state index contributed by atoms with van der Waals surface area (Å²) in [5.41, 5.74) is 5.14. The molecule has 2 heterocycles. The minimum Gasteiger partial charge on any atom is -0.370 e. The predicted octanol–water partition coefficient (Wildman–Crippen LogP) is 2.62. The molecule has 0 saturated carbocycles. The van der Waals surface area contributed by atoms with E-state index in [1.54, 1.807) is 0 Å². The summed E-state index contributed by atoms with van der Waals surface area (Å²) in [5, 5.41) is 7.71. The number of nitrogens with zero attached hydrogens (tertiary/aromatic N) is 4. The van der Waals surface area contributed by atoms with E-state index in [2.05, 4.69) is 54.3 Å². The summed E-state index contributed by atoms with van der Waals surface area (Å²) in [5.74, 6) is 0.972. The van der Waals surface area contributed by atoms with E-state index in [9.17, 15) is 0 Å². The van der Waals surface area contributed by atoms with Gasteiger partial charge in [0.1, 0.15) is 6.10 Å². The number of aromatic nitrogens is 2. The minimum absolute atomic E-state index is 0.0376. The van der Waals surface area contributed by atoms with Crippen molar-refractivity contribution in [3.05, 3.63) is 52.8 Å². The normalized spacial score (nSPS) is 18.0. The molecule has 0 spiro atoms. The zero-order valence-electron chi connectivity index (χ0n) is 16.9. The van der Waals surface area contributed by atoms with Gasteiger partial charge < -0.3 is 15.0 Å². The molecule has 3 rings (SSSR count). The summed E-state index contributed by atoms with van der Waals surface area (Å²) < 4.78 is 7.78. The SMILES string of the molecule is CCNC(=NCCc1ccc(C)cc1C)N1CCOC(c2cnn(C)c2)C1. The third-order valence-corrected chi connectivity index (χ3v) is 4.94. The lowest BCUT2D eigenvalue weighted by molar-refractivity contribution is -0.00803. The lowest BCUT2D eigenvalue weighted by Gasteiger charge is -2.34. The van der Waals surface area contributed by atoms with Gasteiger partial charge in [0.25, 0.3) is 0 Å². The Kier molecular flexibility index (Phi) is 6.50. The van der Waals surface area contributed by atoms with Crippen LogP contribution in [0.4, 0.5) is 0 Å². The molecule has 1 N–H and O–H groups in total. The summed E-state index contributed by atoms with van der Waals surface area (Å²) in [4.78, 5) is 7.18. The zero-order valence-corrected chi connectivity index (χ0v) is 16.9. The number of benzene rings is 1. The maximum Gasteiger partial charge on any atom is 0.194 e. The number of rotatable bonds is 5. The number of hydrogen-bond acceptors (Lipinski definition) is 3. The Hall–Kier alpha value is -2.34. The molecular weight excluding hydrogens is 338 g/mol. The van der Waals surface area contributed by atoms with Crippen molar-refractivity contribution in [2.45, 2.75) is 33.3 Å². The quantitative estimate of drug-likeness (QED) is 0.650. The fourth-order valence-electron chi connectivity index (χ4n) is 3.48. The maximum atomic E-state index is 5.96. The van der Waals surface area contributed by atoms with Crippen molar-refractivity contribution in [2.75, 3.05) is 32.8 Å². The Bertz CT molecular complexity index is 783. The highest BCUT2D eigenvalue weighted by Crippen LogP contribution is 2.21. The standard InChI is InChI=1S/C21H31N5O/c1-5-22-21(23-9-8-18-7-6-16(2)12-17(18)3)26-10-11-27-20(15-26)19-13-24-25(4)14-19/h6-7,12-14,20H,5,8-11,15H2,1-4H3,(H,22,23). The highest BCUT2D eigenvalue weighted by Gasteiger charge is 2.25. The molecule has 6 heteroatoms. The number of morpholine rings is 1. The van der Waals surface area contributed by atoms with E-state index in [1.807, 2.05) is 24.1 Å². The van der Waals surface area contributed by atoms with Gasteiger partial charge in [-0.3, -0.25) is 9.67 Å². The fraction of sp³-hybridized carbons (Fsp3) is 0.524. The molecular formula is C21H31N5O. The lowest BCUT2D eigenvalue weighted by Crippen LogP contribution is -2.48. The van der Waals surface area contributed by atoms with Crippen molar-refractivity contribution in [2.24, 2.45) is 12.0 Å². The van der Waals surface area contributed by atoms with Crippen molar-refractivity contribution < 1.29 is 4.74 Å². The predicted molar refractivity (Wildman–Crippen MR) is 109 cm³/mol. The van der Waals surface area contributed by atoms with Crippen LogP contribution in [0.2, 0.25) is 0 Å². The molecule has 0 aliphatic carbocycles. The van der Waals surface area contributed by atoms with Crippen LogP contribution in [-0.4, -0.2) is 53.4 Å². The van der Waals surface area contributed by atoms with Gasteiger partial charge in [-0.1, -0.05) is 23.8 Å². The summed E-state index contributed by atoms with van der Waals surface area (Å²) in [7, 11) is 1.93. The molecule has 146 valence electrons. The van der Waals surface area contributed by atoms with Crippen molar-refractivity contribution in [3.63, 3.8) is 0 Å². The summed E-state index contributed by atoms with van der Waals surface area (Å²) in [6.07, 6.45) is 4.91. The van der Waals surface area contributed by atoms with Gasteiger partial charge in [-0.15, -0.1) is 0 Å². The van der Waals surface area contributed by atoms with Crippen molar-refractivity contribution in [1.29, 1.82) is 0 Å². The van der Waals surface area contributed by atoms with E-state index in [0.717, 1.165) is 44.1 Å². The monoisotopic (exact) mass is 369 g/mol. The first-order valence-corrected chi connectivity index (χ1v) is 9.76. The van der Waals surface area contributed by atoms with E-state index >= 15 is 0 Å². The Balaban J connectivity index is 1.65. The fourth-order valence-corrected chi connectivity index (χ4v) is 3.48. The molecule has 1 saturated heterocycles. The Labute approximate surface area is 162 Å². The van der Waals surface area contributed by atoms with Crippen LogP contribution in [0.5, 0.6) is 0 Å². The van der Waals surface area contributed by atoms with Gasteiger partial charge in [0.2, 0.25) is 0 Å². The maximum absolute atomic E-state index is 5.96. The van der Waals surface area contributed by atoms with Crippen molar-refractivity contribution in [1.82, 2.24) is 20.0 Å². The number of aryl methyl sites for hydroxylation is 3. The number of nitrogens with one attached hydrogen (secondary N) is 1. The third kappa shape index (κ3) is 5.10. The summed E-state index contributed by atoms with van der Waals surface area (Å²) >= 11 is 0. The van der Waals surface area contributed by atoms with Crippen LogP contribution in [-0.2, 0) is 18.2 Å². The van der Waals surface area contributed by atoms with Gasteiger partial charge in [0, 0.05) is 38.4 Å². The van der Waals surface area contributed by atoms with Crippen LogP contribution in [0.1, 0.15) is 35.3 Å². The van der Waals surface area contributed by atoms with E-state index in [1.165, 1.54) is 16.7 Å². The second-order valence-corrected chi connectivity index (χ2v) is 7.17. The smallest absolute Gasteiger partial charge is 0.194 e. The second kappa shape index (κ2) is 9.04. The molecule has 1 aromatic heterocycles. The van der Waals surface area contributed by atoms with Gasteiger partial charge in [-0.05, 0) is 38.3 Å². The Morgan fingerprint density at radius 2 is 2.22 bits per heavy atom. The molecule has 6 nitrogen and oxygen atoms in total. The molecule has 0 amide bonds. The van der Waals surface area contributed by atoms with Crippen LogP contribution >= 0.6 is 0 Å².